The molecule has 2 aliphatic rings. The molecule has 1 heterocycles. The number of nitrogens with one attached hydrogen (secondary N) is 1. The number of halogens is 1. The van der Waals surface area contributed by atoms with Crippen LogP contribution >= 0.6 is 0 Å². The van der Waals surface area contributed by atoms with Crippen molar-refractivity contribution < 1.29 is 19.1 Å². The molecule has 1 unspecified atom stereocenters. The summed E-state index contributed by atoms with van der Waals surface area (Å²) in [6.07, 6.45) is 0. The lowest BCUT2D eigenvalue weighted by molar-refractivity contribution is -0.138. The number of carbonyl (C=O) groups is 2. The summed E-state index contributed by atoms with van der Waals surface area (Å²) >= 11 is 0. The molecule has 0 saturated carbocycles. The van der Waals surface area contributed by atoms with Crippen molar-refractivity contribution >= 4 is 17.5 Å². The molecule has 3 aromatic carbocycles. The van der Waals surface area contributed by atoms with Crippen molar-refractivity contribution in [1.82, 2.24) is 10.2 Å². The lowest BCUT2D eigenvalue weighted by atomic mass is 9.95. The fourth-order valence-corrected chi connectivity index (χ4v) is 4.94. The number of anilines is 1. The van der Waals surface area contributed by atoms with Gasteiger partial charge in [0, 0.05) is 31.9 Å². The van der Waals surface area contributed by atoms with E-state index in [1.54, 1.807) is 17.0 Å². The Hall–Kier alpha value is -3.71. The first kappa shape index (κ1) is 22.1. The predicted octanol–water partition coefficient (Wildman–Crippen LogP) is 2.76. The minimum Gasteiger partial charge on any atom is -0.394 e. The third-order valence-corrected chi connectivity index (χ3v) is 6.68. The second-order valence-electron chi connectivity index (χ2n) is 8.64. The minimum atomic E-state index is -1.01. The Labute approximate surface area is 197 Å². The number of fused-ring (bicyclic) bond motifs is 3. The second-order valence-corrected chi connectivity index (χ2v) is 8.64. The average Bonchev–Trinajstić information content (AvgIpc) is 3.22. The van der Waals surface area contributed by atoms with Crippen molar-refractivity contribution in [2.75, 3.05) is 37.7 Å². The third-order valence-electron chi connectivity index (χ3n) is 6.68. The van der Waals surface area contributed by atoms with Crippen LogP contribution < -0.4 is 10.2 Å². The van der Waals surface area contributed by atoms with E-state index < -0.39 is 18.6 Å². The highest BCUT2D eigenvalue weighted by Crippen LogP contribution is 2.44. The summed E-state index contributed by atoms with van der Waals surface area (Å²) in [5.74, 6) is -1.40. The van der Waals surface area contributed by atoms with Gasteiger partial charge in [0.15, 0.2) is 0 Å². The predicted molar refractivity (Wildman–Crippen MR) is 128 cm³/mol. The van der Waals surface area contributed by atoms with E-state index in [0.29, 0.717) is 26.2 Å². The summed E-state index contributed by atoms with van der Waals surface area (Å²) in [6, 6.07) is 20.8. The van der Waals surface area contributed by atoms with Gasteiger partial charge in [-0.25, -0.2) is 4.39 Å². The number of benzene rings is 3. The summed E-state index contributed by atoms with van der Waals surface area (Å²) in [7, 11) is 0. The van der Waals surface area contributed by atoms with Crippen LogP contribution in [0.2, 0.25) is 0 Å². The van der Waals surface area contributed by atoms with Gasteiger partial charge < -0.3 is 20.2 Å². The quantitative estimate of drug-likeness (QED) is 0.616. The van der Waals surface area contributed by atoms with Crippen LogP contribution in [0.4, 0.5) is 10.1 Å². The molecule has 2 N–H and O–H groups in total. The maximum Gasteiger partial charge on any atom is 0.247 e. The molecular formula is C27H26FN3O3. The highest BCUT2D eigenvalue weighted by atomic mass is 19.1. The number of hydrogen-bond donors (Lipinski definition) is 2. The van der Waals surface area contributed by atoms with Gasteiger partial charge in [-0.2, -0.15) is 0 Å². The van der Waals surface area contributed by atoms with Gasteiger partial charge >= 0.3 is 0 Å². The van der Waals surface area contributed by atoms with Crippen LogP contribution in [0.25, 0.3) is 11.1 Å². The number of nitrogens with zero attached hydrogens (tertiary/aromatic N) is 2. The Morgan fingerprint density at radius 1 is 0.882 bits per heavy atom. The van der Waals surface area contributed by atoms with E-state index in [4.69, 9.17) is 0 Å². The lowest BCUT2D eigenvalue weighted by Gasteiger charge is -2.37. The summed E-state index contributed by atoms with van der Waals surface area (Å²) in [4.78, 5) is 30.3. The van der Waals surface area contributed by atoms with Crippen molar-refractivity contribution in [3.05, 3.63) is 89.7 Å². The van der Waals surface area contributed by atoms with Crippen molar-refractivity contribution in [2.45, 2.75) is 12.0 Å². The number of amides is 2. The molecule has 0 radical (unpaired) electrons. The van der Waals surface area contributed by atoms with Gasteiger partial charge in [-0.15, -0.1) is 0 Å². The number of rotatable bonds is 5. The first-order valence-corrected chi connectivity index (χ1v) is 11.5. The highest BCUT2D eigenvalue weighted by molar-refractivity contribution is 5.98. The Bertz CT molecular complexity index is 1160. The average molecular weight is 460 g/mol. The molecule has 7 heteroatoms. The molecule has 2 amide bonds. The van der Waals surface area contributed by atoms with E-state index >= 15 is 0 Å². The smallest absolute Gasteiger partial charge is 0.247 e. The van der Waals surface area contributed by atoms with Crippen molar-refractivity contribution in [2.24, 2.45) is 0 Å². The van der Waals surface area contributed by atoms with E-state index in [-0.39, 0.29) is 17.6 Å². The zero-order chi connectivity index (χ0) is 23.7. The van der Waals surface area contributed by atoms with Crippen LogP contribution in [-0.2, 0) is 9.59 Å². The van der Waals surface area contributed by atoms with E-state index in [0.717, 1.165) is 27.9 Å². The molecule has 34 heavy (non-hydrogen) atoms. The van der Waals surface area contributed by atoms with Gasteiger partial charge in [0.2, 0.25) is 11.8 Å². The molecule has 1 saturated heterocycles. The van der Waals surface area contributed by atoms with Crippen LogP contribution in [0.1, 0.15) is 17.0 Å². The number of aliphatic hydroxyl groups excluding tert-OH is 1. The van der Waals surface area contributed by atoms with E-state index in [9.17, 15) is 19.1 Å². The number of aliphatic hydroxyl groups is 1. The zero-order valence-electron chi connectivity index (χ0n) is 18.7. The maximum absolute atomic E-state index is 13.4. The van der Waals surface area contributed by atoms with Gasteiger partial charge in [-0.05, 0) is 46.5 Å². The molecule has 174 valence electrons. The molecule has 0 aromatic heterocycles. The summed E-state index contributed by atoms with van der Waals surface area (Å²) in [5, 5.41) is 12.8. The van der Waals surface area contributed by atoms with Crippen molar-refractivity contribution in [1.29, 1.82) is 0 Å². The molecule has 0 spiro atoms. The minimum absolute atomic E-state index is 0.286. The number of carbonyl (C=O) groups excluding carboxylic acids is 2. The second kappa shape index (κ2) is 9.27. The Balaban J connectivity index is 1.27. The van der Waals surface area contributed by atoms with Gasteiger partial charge in [0.1, 0.15) is 11.9 Å². The third kappa shape index (κ3) is 4.03. The summed E-state index contributed by atoms with van der Waals surface area (Å²) in [5.41, 5.74) is 4.74. The zero-order valence-corrected chi connectivity index (χ0v) is 18.7. The molecule has 1 aliphatic carbocycles. The Kier molecular flexibility index (Phi) is 6.02. The largest absolute Gasteiger partial charge is 0.394 e. The van der Waals surface area contributed by atoms with Crippen LogP contribution in [0, 0.1) is 5.82 Å². The molecule has 0 bridgehead atoms. The van der Waals surface area contributed by atoms with Crippen LogP contribution in [0.5, 0.6) is 0 Å². The molecule has 1 atom stereocenters. The fraction of sp³-hybridized carbons (Fsp3) is 0.259. The van der Waals surface area contributed by atoms with Crippen LogP contribution in [-0.4, -0.2) is 60.6 Å². The van der Waals surface area contributed by atoms with Gasteiger partial charge in [-0.1, -0.05) is 48.5 Å². The maximum atomic E-state index is 13.4. The van der Waals surface area contributed by atoms with E-state index in [1.165, 1.54) is 12.1 Å². The summed E-state index contributed by atoms with van der Waals surface area (Å²) in [6.45, 7) is 1.62. The Morgan fingerprint density at radius 2 is 1.44 bits per heavy atom. The normalized spacial score (nSPS) is 16.1. The lowest BCUT2D eigenvalue weighted by Crippen LogP contribution is -2.56. The molecule has 3 aromatic rings. The van der Waals surface area contributed by atoms with Crippen LogP contribution in [0.3, 0.4) is 0 Å². The first-order chi connectivity index (χ1) is 16.6. The van der Waals surface area contributed by atoms with Crippen LogP contribution in [0.15, 0.2) is 72.8 Å². The molecular weight excluding hydrogens is 433 g/mol. The van der Waals surface area contributed by atoms with Crippen molar-refractivity contribution in [3.8, 4) is 11.1 Å². The van der Waals surface area contributed by atoms with Crippen molar-refractivity contribution in [3.63, 3.8) is 0 Å². The molecule has 1 aliphatic heterocycles. The fourth-order valence-electron chi connectivity index (χ4n) is 4.94. The molecule has 6 nitrogen and oxygen atoms in total. The van der Waals surface area contributed by atoms with Gasteiger partial charge in [-0.3, -0.25) is 9.59 Å². The summed E-state index contributed by atoms with van der Waals surface area (Å²) < 4.78 is 13.2. The number of hydrogen-bond acceptors (Lipinski definition) is 4. The van der Waals surface area contributed by atoms with E-state index in [1.807, 2.05) is 48.5 Å². The molecule has 5 rings (SSSR count). The SMILES string of the molecule is O=C(NC(CO)C(=O)N1CCN(c2ccc(F)cc2)CC1)C1c2ccccc2-c2ccccc21. The highest BCUT2D eigenvalue weighted by Gasteiger charge is 2.36. The first-order valence-electron chi connectivity index (χ1n) is 11.5. The van der Waals surface area contributed by atoms with Gasteiger partial charge in [0.05, 0.1) is 12.5 Å². The standard InChI is InChI=1S/C27H26FN3O3/c28-18-9-11-19(12-10-18)30-13-15-31(16-14-30)27(34)24(17-32)29-26(33)25-22-7-3-1-5-20(22)21-6-2-4-8-23(21)25/h1-12,24-25,32H,13-17H2,(H,29,33). The number of piperazine rings is 1. The van der Waals surface area contributed by atoms with Gasteiger partial charge in [0.25, 0.3) is 0 Å². The monoisotopic (exact) mass is 459 g/mol. The Morgan fingerprint density at radius 3 is 2.00 bits per heavy atom. The molecule has 1 fully saturated rings. The van der Waals surface area contributed by atoms with E-state index in [2.05, 4.69) is 10.2 Å². The topological polar surface area (TPSA) is 72.9 Å².